The number of ether oxygens (including phenoxy) is 1. The van der Waals surface area contributed by atoms with Gasteiger partial charge in [0.05, 0.1) is 20.2 Å². The second-order valence-corrected chi connectivity index (χ2v) is 5.75. The van der Waals surface area contributed by atoms with E-state index in [0.29, 0.717) is 0 Å². The fourth-order valence-corrected chi connectivity index (χ4v) is 3.54. The smallest absolute Gasteiger partial charge is 0.139 e. The Morgan fingerprint density at radius 3 is 2.83 bits per heavy atom. The van der Waals surface area contributed by atoms with E-state index in [1.807, 2.05) is 11.0 Å². The van der Waals surface area contributed by atoms with Gasteiger partial charge in [0.25, 0.3) is 0 Å². The third-order valence-corrected chi connectivity index (χ3v) is 4.66. The van der Waals surface area contributed by atoms with Gasteiger partial charge in [-0.05, 0) is 12.1 Å². The van der Waals surface area contributed by atoms with E-state index in [1.54, 1.807) is 7.11 Å². The van der Waals surface area contributed by atoms with E-state index in [1.165, 1.54) is 38.0 Å². The van der Waals surface area contributed by atoms with E-state index in [-0.39, 0.29) is 0 Å². The Hall–Kier alpha value is -1.06. The van der Waals surface area contributed by atoms with Crippen LogP contribution in [0.25, 0.3) is 0 Å². The maximum absolute atomic E-state index is 5.28. The first-order valence-corrected chi connectivity index (χ1v) is 7.15. The van der Waals surface area contributed by atoms with E-state index < -0.39 is 0 Å². The van der Waals surface area contributed by atoms with Gasteiger partial charge in [0.2, 0.25) is 0 Å². The number of rotatable bonds is 4. The normalized spacial score (nSPS) is 30.4. The summed E-state index contributed by atoms with van der Waals surface area (Å²) in [5.74, 6) is 1.94. The molecule has 0 spiro atoms. The van der Waals surface area contributed by atoms with Crippen LogP contribution in [0.4, 0.5) is 0 Å². The van der Waals surface area contributed by atoms with Gasteiger partial charge in [-0.2, -0.15) is 0 Å². The lowest BCUT2D eigenvalue weighted by molar-refractivity contribution is -0.943. The molecular weight excluding hydrogens is 224 g/mol. The zero-order valence-electron chi connectivity index (χ0n) is 11.2. The van der Waals surface area contributed by atoms with E-state index in [4.69, 9.17) is 4.74 Å². The van der Waals surface area contributed by atoms with Crippen molar-refractivity contribution in [3.05, 3.63) is 29.8 Å². The molecule has 3 fully saturated rings. The van der Waals surface area contributed by atoms with Crippen molar-refractivity contribution in [1.82, 2.24) is 0 Å². The third kappa shape index (κ3) is 2.52. The maximum atomic E-state index is 5.28. The number of piperidine rings is 3. The lowest BCUT2D eigenvalue weighted by atomic mass is 9.84. The molecule has 0 saturated carbocycles. The van der Waals surface area contributed by atoms with Crippen molar-refractivity contribution < 1.29 is 15.0 Å². The van der Waals surface area contributed by atoms with Crippen LogP contribution in [-0.2, 0) is 6.54 Å². The van der Waals surface area contributed by atoms with Crippen LogP contribution in [0, 0.1) is 5.92 Å². The van der Waals surface area contributed by atoms with Crippen molar-refractivity contribution in [2.24, 2.45) is 5.92 Å². The van der Waals surface area contributed by atoms with Gasteiger partial charge in [0.1, 0.15) is 24.9 Å². The lowest BCUT2D eigenvalue weighted by Gasteiger charge is -2.40. The molecule has 0 unspecified atom stereocenters. The number of benzene rings is 1. The first kappa shape index (κ1) is 12.0. The van der Waals surface area contributed by atoms with Gasteiger partial charge in [-0.1, -0.05) is 12.1 Å². The average molecular weight is 248 g/mol. The Kier molecular flexibility index (Phi) is 3.52. The zero-order chi connectivity index (χ0) is 12.4. The van der Waals surface area contributed by atoms with Gasteiger partial charge >= 0.3 is 0 Å². The molecular formula is C15H24N2O+2. The SMILES string of the molecule is COc1cccc(C[NH2+][C@@H]2C[NH+]3CCC2CC3)c1. The number of nitrogens with two attached hydrogens (primary N) is 1. The Morgan fingerprint density at radius 1 is 1.33 bits per heavy atom. The molecule has 0 amide bonds. The zero-order valence-corrected chi connectivity index (χ0v) is 11.2. The highest BCUT2D eigenvalue weighted by atomic mass is 16.5. The van der Waals surface area contributed by atoms with Crippen LogP contribution in [-0.4, -0.2) is 32.8 Å². The largest absolute Gasteiger partial charge is 0.497 e. The van der Waals surface area contributed by atoms with E-state index in [9.17, 15) is 0 Å². The predicted molar refractivity (Wildman–Crippen MR) is 70.7 cm³/mol. The Labute approximate surface area is 109 Å². The first-order chi connectivity index (χ1) is 8.85. The minimum Gasteiger partial charge on any atom is -0.497 e. The van der Waals surface area contributed by atoms with Crippen LogP contribution >= 0.6 is 0 Å². The molecule has 3 aliphatic heterocycles. The highest BCUT2D eigenvalue weighted by Gasteiger charge is 2.39. The van der Waals surface area contributed by atoms with Crippen molar-refractivity contribution in [3.8, 4) is 5.75 Å². The molecule has 3 nitrogen and oxygen atoms in total. The van der Waals surface area contributed by atoms with Crippen LogP contribution in [0.5, 0.6) is 5.75 Å². The molecule has 3 heterocycles. The summed E-state index contributed by atoms with van der Waals surface area (Å²) in [5.41, 5.74) is 1.38. The molecule has 3 saturated heterocycles. The maximum Gasteiger partial charge on any atom is 0.139 e. The van der Waals surface area contributed by atoms with Crippen LogP contribution < -0.4 is 15.0 Å². The minimum atomic E-state index is 0.841. The minimum absolute atomic E-state index is 0.841. The van der Waals surface area contributed by atoms with Crippen molar-refractivity contribution >= 4 is 0 Å². The van der Waals surface area contributed by atoms with Crippen LogP contribution in [0.3, 0.4) is 0 Å². The number of hydrogen-bond donors (Lipinski definition) is 2. The molecule has 2 bridgehead atoms. The second-order valence-electron chi connectivity index (χ2n) is 5.75. The quantitative estimate of drug-likeness (QED) is 0.735. The first-order valence-electron chi connectivity index (χ1n) is 7.15. The summed E-state index contributed by atoms with van der Waals surface area (Å²) in [6, 6.07) is 9.30. The molecule has 0 aliphatic carbocycles. The Bertz CT molecular complexity index is 399. The fourth-order valence-electron chi connectivity index (χ4n) is 3.54. The number of nitrogens with one attached hydrogen (secondary N) is 1. The standard InChI is InChI=1S/C15H22N2O/c1-18-14-4-2-3-12(9-14)10-16-15-11-17-7-5-13(15)6-8-17/h2-4,9,13,15-16H,5-8,10-11H2,1H3/p+2/t15-/m1/s1. The molecule has 3 N–H and O–H groups in total. The number of hydrogen-bond acceptors (Lipinski definition) is 1. The summed E-state index contributed by atoms with van der Waals surface area (Å²) < 4.78 is 5.28. The fraction of sp³-hybridized carbons (Fsp3) is 0.600. The van der Waals surface area contributed by atoms with E-state index in [2.05, 4.69) is 23.5 Å². The predicted octanol–water partition coefficient (Wildman–Crippen LogP) is -0.564. The van der Waals surface area contributed by atoms with Gasteiger partial charge in [-0.3, -0.25) is 0 Å². The molecule has 3 aliphatic rings. The average Bonchev–Trinajstić information content (AvgIpc) is 2.46. The van der Waals surface area contributed by atoms with Crippen molar-refractivity contribution in [1.29, 1.82) is 0 Å². The second kappa shape index (κ2) is 5.29. The highest BCUT2D eigenvalue weighted by molar-refractivity contribution is 5.27. The van der Waals surface area contributed by atoms with Gasteiger partial charge in [0.15, 0.2) is 0 Å². The molecule has 98 valence electrons. The van der Waals surface area contributed by atoms with Gasteiger partial charge < -0.3 is 15.0 Å². The summed E-state index contributed by atoms with van der Waals surface area (Å²) >= 11 is 0. The lowest BCUT2D eigenvalue weighted by Crippen LogP contribution is -3.20. The summed E-state index contributed by atoms with van der Waals surface area (Å²) in [6.45, 7) is 5.28. The van der Waals surface area contributed by atoms with Gasteiger partial charge in [0, 0.05) is 24.3 Å². The molecule has 1 aromatic rings. The molecule has 3 heteroatoms. The summed E-state index contributed by atoms with van der Waals surface area (Å²) in [6.07, 6.45) is 2.88. The molecule has 1 atom stereocenters. The number of quaternary nitrogens is 2. The van der Waals surface area contributed by atoms with E-state index in [0.717, 1.165) is 24.3 Å². The Morgan fingerprint density at radius 2 is 2.17 bits per heavy atom. The molecule has 1 aromatic carbocycles. The number of methoxy groups -OCH3 is 1. The molecule has 0 aromatic heterocycles. The van der Waals surface area contributed by atoms with Crippen LogP contribution in [0.15, 0.2) is 24.3 Å². The monoisotopic (exact) mass is 248 g/mol. The van der Waals surface area contributed by atoms with Crippen molar-refractivity contribution in [2.45, 2.75) is 25.4 Å². The van der Waals surface area contributed by atoms with E-state index >= 15 is 0 Å². The summed E-state index contributed by atoms with van der Waals surface area (Å²) in [7, 11) is 1.74. The van der Waals surface area contributed by atoms with Crippen molar-refractivity contribution in [2.75, 3.05) is 26.7 Å². The number of fused-ring (bicyclic) bond motifs is 3. The van der Waals surface area contributed by atoms with Crippen LogP contribution in [0.2, 0.25) is 0 Å². The molecule has 4 rings (SSSR count). The summed E-state index contributed by atoms with van der Waals surface area (Å²) in [4.78, 5) is 1.82. The topological polar surface area (TPSA) is 30.3 Å². The van der Waals surface area contributed by atoms with Crippen molar-refractivity contribution in [3.63, 3.8) is 0 Å². The van der Waals surface area contributed by atoms with Crippen LogP contribution in [0.1, 0.15) is 18.4 Å². The molecule has 18 heavy (non-hydrogen) atoms. The molecule has 0 radical (unpaired) electrons. The highest BCUT2D eigenvalue weighted by Crippen LogP contribution is 2.16. The van der Waals surface area contributed by atoms with Gasteiger partial charge in [-0.25, -0.2) is 0 Å². The summed E-state index contributed by atoms with van der Waals surface area (Å²) in [5, 5.41) is 2.55. The Balaban J connectivity index is 1.57. The van der Waals surface area contributed by atoms with Gasteiger partial charge in [-0.15, -0.1) is 0 Å². The third-order valence-electron chi connectivity index (χ3n) is 4.66.